The summed E-state index contributed by atoms with van der Waals surface area (Å²) in [6.45, 7) is 6.32. The van der Waals surface area contributed by atoms with E-state index in [4.69, 9.17) is 4.74 Å². The molecular weight excluding hydrogens is 438 g/mol. The molecule has 8 heteroatoms. The third-order valence-corrected chi connectivity index (χ3v) is 6.48. The second-order valence-electron chi connectivity index (χ2n) is 8.09. The normalized spacial score (nSPS) is 18.2. The number of aryl methyl sites for hydroxylation is 1. The van der Waals surface area contributed by atoms with Gasteiger partial charge in [0.25, 0.3) is 17.1 Å². The van der Waals surface area contributed by atoms with E-state index in [1.165, 1.54) is 4.90 Å². The van der Waals surface area contributed by atoms with Gasteiger partial charge in [0.1, 0.15) is 0 Å². The van der Waals surface area contributed by atoms with Gasteiger partial charge in [-0.15, -0.1) is 0 Å². The Labute approximate surface area is 197 Å². The lowest BCUT2D eigenvalue weighted by Gasteiger charge is -2.26. The molecule has 0 aromatic heterocycles. The van der Waals surface area contributed by atoms with E-state index < -0.39 is 0 Å². The number of carbonyl (C=O) groups is 3. The molecule has 0 atom stereocenters. The Balaban J connectivity index is 1.30. The number of hydrogen-bond donors (Lipinski definition) is 1. The van der Waals surface area contributed by atoms with E-state index in [0.29, 0.717) is 10.5 Å². The number of thioether (sulfide) groups is 1. The molecule has 2 heterocycles. The Hall–Kier alpha value is -2.94. The summed E-state index contributed by atoms with van der Waals surface area (Å²) in [5.41, 5.74) is 3.63. The Kier molecular flexibility index (Phi) is 7.59. The van der Waals surface area contributed by atoms with Crippen LogP contribution in [0.1, 0.15) is 27.0 Å². The van der Waals surface area contributed by atoms with Crippen LogP contribution in [0.25, 0.3) is 6.08 Å². The third-order valence-electron chi connectivity index (χ3n) is 5.57. The van der Waals surface area contributed by atoms with Crippen LogP contribution in [-0.2, 0) is 16.1 Å². The number of rotatable bonds is 7. The quantitative estimate of drug-likeness (QED) is 0.633. The molecule has 2 aliphatic heterocycles. The predicted octanol–water partition coefficient (Wildman–Crippen LogP) is 3.29. The minimum Gasteiger partial charge on any atom is -0.379 e. The molecule has 33 heavy (non-hydrogen) atoms. The number of morpholine rings is 1. The molecule has 0 bridgehead atoms. The minimum absolute atomic E-state index is 0.134. The van der Waals surface area contributed by atoms with Crippen LogP contribution in [-0.4, -0.2) is 66.2 Å². The van der Waals surface area contributed by atoms with Gasteiger partial charge in [-0.05, 0) is 48.0 Å². The van der Waals surface area contributed by atoms with Crippen LogP contribution in [0.5, 0.6) is 0 Å². The zero-order valence-corrected chi connectivity index (χ0v) is 19.4. The summed E-state index contributed by atoms with van der Waals surface area (Å²) in [6, 6.07) is 15.3. The van der Waals surface area contributed by atoms with Gasteiger partial charge in [-0.25, -0.2) is 0 Å². The molecule has 2 saturated heterocycles. The van der Waals surface area contributed by atoms with Crippen molar-refractivity contribution in [3.63, 3.8) is 0 Å². The molecule has 7 nitrogen and oxygen atoms in total. The largest absolute Gasteiger partial charge is 0.379 e. The highest BCUT2D eigenvalue weighted by molar-refractivity contribution is 8.18. The smallest absolute Gasteiger partial charge is 0.293 e. The summed E-state index contributed by atoms with van der Waals surface area (Å²) in [6.07, 6.45) is 1.73. The van der Waals surface area contributed by atoms with Gasteiger partial charge in [0, 0.05) is 38.3 Å². The number of nitrogens with zero attached hydrogens (tertiary/aromatic N) is 2. The molecule has 0 aliphatic carbocycles. The van der Waals surface area contributed by atoms with Gasteiger partial charge < -0.3 is 10.1 Å². The lowest BCUT2D eigenvalue weighted by Crippen LogP contribution is -2.37. The second-order valence-corrected chi connectivity index (χ2v) is 9.08. The molecule has 1 N–H and O–H groups in total. The van der Waals surface area contributed by atoms with E-state index in [1.807, 2.05) is 49.4 Å². The maximum atomic E-state index is 12.7. The Morgan fingerprint density at radius 3 is 2.64 bits per heavy atom. The Morgan fingerprint density at radius 1 is 1.12 bits per heavy atom. The molecule has 2 fully saturated rings. The highest BCUT2D eigenvalue weighted by atomic mass is 32.2. The van der Waals surface area contributed by atoms with Crippen LogP contribution in [0, 0.1) is 6.92 Å². The van der Waals surface area contributed by atoms with Crippen molar-refractivity contribution in [2.45, 2.75) is 13.5 Å². The molecule has 0 spiro atoms. The van der Waals surface area contributed by atoms with Crippen molar-refractivity contribution in [1.29, 1.82) is 0 Å². The van der Waals surface area contributed by atoms with Crippen molar-refractivity contribution in [3.8, 4) is 0 Å². The summed E-state index contributed by atoms with van der Waals surface area (Å²) in [4.78, 5) is 41.5. The third kappa shape index (κ3) is 6.10. The van der Waals surface area contributed by atoms with Crippen LogP contribution in [0.4, 0.5) is 4.79 Å². The zero-order valence-electron chi connectivity index (χ0n) is 18.6. The molecule has 172 valence electrons. The topological polar surface area (TPSA) is 79.0 Å². The van der Waals surface area contributed by atoms with Gasteiger partial charge in [0.15, 0.2) is 0 Å². The molecule has 3 amide bonds. The number of hydrogen-bond acceptors (Lipinski definition) is 6. The Morgan fingerprint density at radius 2 is 1.88 bits per heavy atom. The lowest BCUT2D eigenvalue weighted by molar-refractivity contribution is -0.122. The first kappa shape index (κ1) is 23.2. The fraction of sp³-hybridized carbons (Fsp3) is 0.320. The van der Waals surface area contributed by atoms with Gasteiger partial charge in [-0.3, -0.25) is 24.2 Å². The van der Waals surface area contributed by atoms with Crippen LogP contribution >= 0.6 is 11.8 Å². The van der Waals surface area contributed by atoms with Crippen LogP contribution in [0.3, 0.4) is 0 Å². The summed E-state index contributed by atoms with van der Waals surface area (Å²) >= 11 is 0.927. The molecular formula is C25H27N3O4S. The van der Waals surface area contributed by atoms with Gasteiger partial charge >= 0.3 is 0 Å². The highest BCUT2D eigenvalue weighted by Crippen LogP contribution is 2.31. The lowest BCUT2D eigenvalue weighted by atomic mass is 10.1. The van der Waals surface area contributed by atoms with Crippen molar-refractivity contribution < 1.29 is 19.1 Å². The summed E-state index contributed by atoms with van der Waals surface area (Å²) < 4.78 is 5.38. The summed E-state index contributed by atoms with van der Waals surface area (Å²) in [5, 5.41) is 2.50. The number of amides is 3. The average Bonchev–Trinajstić information content (AvgIpc) is 3.08. The molecule has 2 aromatic rings. The van der Waals surface area contributed by atoms with Gasteiger partial charge in [0.2, 0.25) is 0 Å². The Bertz CT molecular complexity index is 1060. The predicted molar refractivity (Wildman–Crippen MR) is 129 cm³/mol. The van der Waals surface area contributed by atoms with E-state index in [1.54, 1.807) is 12.1 Å². The first-order chi connectivity index (χ1) is 16.0. The summed E-state index contributed by atoms with van der Waals surface area (Å²) in [5.74, 6) is -0.548. The minimum atomic E-state index is -0.327. The van der Waals surface area contributed by atoms with Gasteiger partial charge in [0.05, 0.1) is 18.1 Å². The summed E-state index contributed by atoms with van der Waals surface area (Å²) in [7, 11) is 0. The van der Waals surface area contributed by atoms with Crippen molar-refractivity contribution >= 4 is 34.9 Å². The molecule has 0 saturated carbocycles. The number of nitrogens with one attached hydrogen (secondary N) is 1. The van der Waals surface area contributed by atoms with Crippen LogP contribution in [0.15, 0.2) is 53.4 Å². The van der Waals surface area contributed by atoms with Crippen molar-refractivity contribution in [1.82, 2.24) is 15.1 Å². The first-order valence-corrected chi connectivity index (χ1v) is 11.8. The molecule has 4 rings (SSSR count). The van der Waals surface area contributed by atoms with E-state index in [2.05, 4.69) is 10.2 Å². The monoisotopic (exact) mass is 465 g/mol. The second kappa shape index (κ2) is 10.8. The number of ether oxygens (including phenoxy) is 1. The SMILES string of the molecule is Cc1ccc(/C=C2\SC(=O)N(CCNC(=O)c3cccc(CN4CCOCC4)c3)C2=O)cc1. The van der Waals surface area contributed by atoms with Crippen molar-refractivity contribution in [2.24, 2.45) is 0 Å². The van der Waals surface area contributed by atoms with E-state index in [0.717, 1.165) is 61.3 Å². The first-order valence-electron chi connectivity index (χ1n) is 11.0. The zero-order chi connectivity index (χ0) is 23.2. The van der Waals surface area contributed by atoms with E-state index >= 15 is 0 Å². The maximum Gasteiger partial charge on any atom is 0.293 e. The van der Waals surface area contributed by atoms with E-state index in [9.17, 15) is 14.4 Å². The van der Waals surface area contributed by atoms with E-state index in [-0.39, 0.29) is 30.1 Å². The highest BCUT2D eigenvalue weighted by Gasteiger charge is 2.34. The fourth-order valence-corrected chi connectivity index (χ4v) is 4.58. The molecule has 2 aromatic carbocycles. The molecule has 0 unspecified atom stereocenters. The van der Waals surface area contributed by atoms with Crippen molar-refractivity contribution in [2.75, 3.05) is 39.4 Å². The average molecular weight is 466 g/mol. The van der Waals surface area contributed by atoms with Crippen LogP contribution < -0.4 is 5.32 Å². The maximum absolute atomic E-state index is 12.7. The van der Waals surface area contributed by atoms with Crippen LogP contribution in [0.2, 0.25) is 0 Å². The fourth-order valence-electron chi connectivity index (χ4n) is 3.72. The number of carbonyl (C=O) groups excluding carboxylic acids is 3. The van der Waals surface area contributed by atoms with Gasteiger partial charge in [-0.1, -0.05) is 42.0 Å². The molecule has 2 aliphatic rings. The molecule has 0 radical (unpaired) electrons. The van der Waals surface area contributed by atoms with Gasteiger partial charge in [-0.2, -0.15) is 0 Å². The van der Waals surface area contributed by atoms with Crippen molar-refractivity contribution in [3.05, 3.63) is 75.7 Å². The standard InChI is InChI=1S/C25H27N3O4S/c1-18-5-7-19(8-6-18)16-22-24(30)28(25(31)33-22)10-9-26-23(29)21-4-2-3-20(15-21)17-27-11-13-32-14-12-27/h2-8,15-16H,9-14,17H2,1H3,(H,26,29)/b22-16-. The number of benzene rings is 2. The number of imide groups is 1.